The van der Waals surface area contributed by atoms with Crippen LogP contribution in [0.4, 0.5) is 11.4 Å². The zero-order valence-corrected chi connectivity index (χ0v) is 32.6. The van der Waals surface area contributed by atoms with Crippen LogP contribution in [0.3, 0.4) is 0 Å². The number of fused-ring (bicyclic) bond motifs is 2. The van der Waals surface area contributed by atoms with Gasteiger partial charge in [0.05, 0.1) is 32.4 Å². The van der Waals surface area contributed by atoms with Gasteiger partial charge in [-0.25, -0.2) is 18.0 Å². The minimum absolute atomic E-state index is 0. The Hall–Kier alpha value is -3.11. The van der Waals surface area contributed by atoms with E-state index in [-0.39, 0.29) is 59.3 Å². The third-order valence-corrected chi connectivity index (χ3v) is 10.7. The van der Waals surface area contributed by atoms with Crippen LogP contribution in [0.15, 0.2) is 72.5 Å². The number of hydrogen-bond acceptors (Lipinski definition) is 8. The monoisotopic (exact) mass is 737 g/mol. The van der Waals surface area contributed by atoms with Crippen molar-refractivity contribution >= 4 is 49.3 Å². The third-order valence-electron chi connectivity index (χ3n) is 9.07. The largest absolute Gasteiger partial charge is 1.00 e. The maximum absolute atomic E-state index is 11.7. The van der Waals surface area contributed by atoms with Crippen molar-refractivity contribution in [1.82, 2.24) is 0 Å². The van der Waals surface area contributed by atoms with Crippen molar-refractivity contribution in [3.05, 3.63) is 94.7 Å². The SMILES string of the molecule is CC1(C)C(=CC=CC=CC2=[N+](CCCCS(=O)(=O)O)c3ccc(C(=O)O)cc3C2(C)C)N(CCCCS(=O)(=O)[O-])c2ccc(C(=O)O)cc21.[Na+]. The van der Waals surface area contributed by atoms with E-state index in [9.17, 15) is 41.2 Å². The van der Waals surface area contributed by atoms with Gasteiger partial charge >= 0.3 is 41.5 Å². The van der Waals surface area contributed by atoms with E-state index >= 15 is 0 Å². The molecule has 0 atom stereocenters. The van der Waals surface area contributed by atoms with Gasteiger partial charge in [0.1, 0.15) is 6.54 Å². The van der Waals surface area contributed by atoms with Crippen molar-refractivity contribution in [2.24, 2.45) is 0 Å². The fraction of sp³-hybridized carbons (Fsp3) is 0.400. The molecular formula is C35H42N2NaO10S2+. The molecule has 2 aromatic rings. The van der Waals surface area contributed by atoms with Crippen molar-refractivity contribution in [1.29, 1.82) is 0 Å². The van der Waals surface area contributed by atoms with Crippen molar-refractivity contribution in [2.45, 2.75) is 64.2 Å². The first kappa shape index (κ1) is 41.3. The number of rotatable bonds is 15. The topological polar surface area (TPSA) is 192 Å². The van der Waals surface area contributed by atoms with E-state index in [0.29, 0.717) is 25.9 Å². The number of aromatic carboxylic acids is 2. The fourth-order valence-electron chi connectivity index (χ4n) is 6.56. The van der Waals surface area contributed by atoms with Gasteiger partial charge < -0.3 is 19.7 Å². The van der Waals surface area contributed by atoms with Crippen molar-refractivity contribution in [3.63, 3.8) is 0 Å². The zero-order chi connectivity index (χ0) is 36.4. The summed E-state index contributed by atoms with van der Waals surface area (Å²) in [5, 5.41) is 19.2. The molecule has 2 aliphatic rings. The number of benzene rings is 2. The van der Waals surface area contributed by atoms with Crippen LogP contribution in [0.1, 0.15) is 85.2 Å². The summed E-state index contributed by atoms with van der Waals surface area (Å²) in [4.78, 5) is 25.5. The summed E-state index contributed by atoms with van der Waals surface area (Å²) < 4.78 is 67.2. The standard InChI is InChI=1S/C35H42N2O10S2.Na/c1-34(2)26-22-24(32(38)39)14-16-28(26)36(18-8-10-20-48(42,43)44)30(34)12-6-5-7-13-31-35(3,4)27-23-25(33(40)41)15-17-29(27)37(31)19-9-11-21-49(45,46)47;/h5-7,12-17,22-23H,8-11,18-21H2,1-4H3,(H3-,38,39,40,41,42,43,44,45,46,47);/q;+1. The predicted octanol–water partition coefficient (Wildman–Crippen LogP) is 2.25. The van der Waals surface area contributed by atoms with Gasteiger partial charge in [0.25, 0.3) is 10.1 Å². The minimum Gasteiger partial charge on any atom is -0.748 e. The summed E-state index contributed by atoms with van der Waals surface area (Å²) in [6.45, 7) is 8.80. The Morgan fingerprint density at radius 3 is 2.02 bits per heavy atom. The van der Waals surface area contributed by atoms with E-state index in [1.807, 2.05) is 67.6 Å². The molecule has 0 saturated carbocycles. The molecule has 2 heterocycles. The zero-order valence-electron chi connectivity index (χ0n) is 28.9. The molecule has 4 rings (SSSR count). The number of allylic oxidation sites excluding steroid dienone is 6. The molecule has 0 unspecified atom stereocenters. The van der Waals surface area contributed by atoms with E-state index in [0.717, 1.165) is 33.9 Å². The average Bonchev–Trinajstić information content (AvgIpc) is 3.34. The first-order chi connectivity index (χ1) is 22.7. The van der Waals surface area contributed by atoms with Crippen molar-refractivity contribution in [2.75, 3.05) is 29.5 Å². The van der Waals surface area contributed by atoms with Gasteiger partial charge in [-0.15, -0.1) is 0 Å². The van der Waals surface area contributed by atoms with Crippen molar-refractivity contribution in [3.8, 4) is 0 Å². The van der Waals surface area contributed by atoms with Crippen LogP contribution in [-0.2, 0) is 31.1 Å². The van der Waals surface area contributed by atoms with E-state index in [1.165, 1.54) is 12.1 Å². The predicted molar refractivity (Wildman–Crippen MR) is 186 cm³/mol. The Bertz CT molecular complexity index is 2000. The molecule has 0 saturated heterocycles. The Labute approximate surface area is 315 Å². The molecule has 0 aliphatic carbocycles. The molecule has 0 spiro atoms. The molecular weight excluding hydrogens is 696 g/mol. The number of nitrogens with zero attached hydrogens (tertiary/aromatic N) is 2. The van der Waals surface area contributed by atoms with Gasteiger partial charge in [-0.2, -0.15) is 13.0 Å². The Morgan fingerprint density at radius 2 is 1.42 bits per heavy atom. The summed E-state index contributed by atoms with van der Waals surface area (Å²) in [6, 6.07) is 9.86. The van der Waals surface area contributed by atoms with E-state index in [1.54, 1.807) is 24.3 Å². The summed E-state index contributed by atoms with van der Waals surface area (Å²) in [5.41, 5.74) is 4.12. The number of carboxylic acid groups (broad SMARTS) is 2. The molecule has 0 aromatic heterocycles. The van der Waals surface area contributed by atoms with Crippen LogP contribution < -0.4 is 34.5 Å². The molecule has 0 fully saturated rings. The quantitative estimate of drug-likeness (QED) is 0.0799. The van der Waals surface area contributed by atoms with Crippen LogP contribution in [0.5, 0.6) is 0 Å². The summed E-state index contributed by atoms with van der Waals surface area (Å²) in [5.74, 6) is -2.91. The van der Waals surface area contributed by atoms with E-state index in [2.05, 4.69) is 0 Å². The Kier molecular flexibility index (Phi) is 13.3. The number of carboxylic acids is 2. The summed E-state index contributed by atoms with van der Waals surface area (Å²) >= 11 is 0. The second-order valence-electron chi connectivity index (χ2n) is 13.3. The number of anilines is 1. The Balaban J connectivity index is 0.00000676. The number of hydrogen-bond donors (Lipinski definition) is 3. The maximum atomic E-state index is 11.7. The molecule has 2 aromatic carbocycles. The first-order valence-corrected chi connectivity index (χ1v) is 19.0. The van der Waals surface area contributed by atoms with Gasteiger partial charge in [0.2, 0.25) is 5.69 Å². The maximum Gasteiger partial charge on any atom is 1.00 e. The van der Waals surface area contributed by atoms with E-state index < -0.39 is 48.8 Å². The second-order valence-corrected chi connectivity index (χ2v) is 16.4. The molecule has 0 radical (unpaired) electrons. The van der Waals surface area contributed by atoms with Gasteiger partial charge in [-0.05, 0) is 75.1 Å². The Morgan fingerprint density at radius 1 is 0.820 bits per heavy atom. The molecule has 264 valence electrons. The number of unbranched alkanes of at least 4 members (excludes halogenated alkanes) is 2. The summed E-state index contributed by atoms with van der Waals surface area (Å²) in [7, 11) is -8.43. The van der Waals surface area contributed by atoms with Crippen LogP contribution in [0.2, 0.25) is 0 Å². The van der Waals surface area contributed by atoms with Gasteiger partial charge in [-0.3, -0.25) is 4.55 Å². The summed E-state index contributed by atoms with van der Waals surface area (Å²) in [6.07, 6.45) is 10.7. The van der Waals surface area contributed by atoms with E-state index in [4.69, 9.17) is 4.55 Å². The molecule has 15 heteroatoms. The van der Waals surface area contributed by atoms with Gasteiger partial charge in [0, 0.05) is 53.2 Å². The molecule has 2 aliphatic heterocycles. The molecule has 12 nitrogen and oxygen atoms in total. The normalized spacial score (nSPS) is 17.4. The van der Waals surface area contributed by atoms with Crippen LogP contribution in [0, 0.1) is 0 Å². The molecule has 3 N–H and O–H groups in total. The van der Waals surface area contributed by atoms with Crippen LogP contribution in [0.25, 0.3) is 0 Å². The average molecular weight is 738 g/mol. The third kappa shape index (κ3) is 9.60. The van der Waals surface area contributed by atoms with Crippen LogP contribution >= 0.6 is 0 Å². The van der Waals surface area contributed by atoms with Gasteiger partial charge in [-0.1, -0.05) is 32.1 Å². The minimum atomic E-state index is -4.34. The number of carbonyl (C=O) groups is 2. The first-order valence-electron chi connectivity index (χ1n) is 15.9. The second kappa shape index (κ2) is 16.1. The molecule has 0 bridgehead atoms. The fourth-order valence-corrected chi connectivity index (χ4v) is 7.69. The van der Waals surface area contributed by atoms with Gasteiger partial charge in [0.15, 0.2) is 5.71 Å². The smallest absolute Gasteiger partial charge is 0.748 e. The molecule has 50 heavy (non-hydrogen) atoms. The molecule has 0 amide bonds. The van der Waals surface area contributed by atoms with Crippen LogP contribution in [-0.4, -0.2) is 83.0 Å². The van der Waals surface area contributed by atoms with Crippen molar-refractivity contribution < 1.29 is 79.9 Å².